The lowest BCUT2D eigenvalue weighted by atomic mass is 10.1. The number of benzene rings is 1. The smallest absolute Gasteiger partial charge is 0.148 e. The van der Waals surface area contributed by atoms with Gasteiger partial charge < -0.3 is 10.7 Å². The summed E-state index contributed by atoms with van der Waals surface area (Å²) in [4.78, 5) is 8.48. The summed E-state index contributed by atoms with van der Waals surface area (Å²) in [5.74, 6) is 7.04. The van der Waals surface area contributed by atoms with Crippen LogP contribution in [-0.4, -0.2) is 9.97 Å². The molecule has 0 radical (unpaired) electrons. The minimum absolute atomic E-state index is 0.688. The molecule has 0 aliphatic carbocycles. The summed E-state index contributed by atoms with van der Waals surface area (Å²) in [6.07, 6.45) is 3.42. The average molecular weight is 271 g/mol. The molecule has 20 heavy (non-hydrogen) atoms. The lowest BCUT2D eigenvalue weighted by Gasteiger charge is -2.13. The molecule has 0 aliphatic rings. The van der Waals surface area contributed by atoms with Crippen molar-refractivity contribution in [3.63, 3.8) is 0 Å². The Labute approximate surface area is 119 Å². The van der Waals surface area contributed by atoms with Crippen molar-refractivity contribution in [1.82, 2.24) is 9.97 Å². The zero-order chi connectivity index (χ0) is 14.4. The monoisotopic (exact) mass is 271 g/mol. The summed E-state index contributed by atoms with van der Waals surface area (Å²) in [7, 11) is 0. The molecular weight excluding hydrogens is 250 g/mol. The number of anilines is 2. The molecule has 5 heteroatoms. The van der Waals surface area contributed by atoms with Gasteiger partial charge in [0.15, 0.2) is 0 Å². The topological polar surface area (TPSA) is 75.9 Å². The van der Waals surface area contributed by atoms with Gasteiger partial charge in [-0.15, -0.1) is 0 Å². The largest absolute Gasteiger partial charge is 0.366 e. The molecule has 0 unspecified atom stereocenters. The quantitative estimate of drug-likeness (QED) is 0.556. The van der Waals surface area contributed by atoms with Gasteiger partial charge >= 0.3 is 0 Å². The molecule has 0 saturated carbocycles. The van der Waals surface area contributed by atoms with Crippen LogP contribution in [0.4, 0.5) is 11.6 Å². The summed E-state index contributed by atoms with van der Waals surface area (Å²) in [6, 6.07) is 8.45. The predicted octanol–water partition coefficient (Wildman–Crippen LogP) is 2.64. The third-order valence-corrected chi connectivity index (χ3v) is 3.16. The van der Waals surface area contributed by atoms with E-state index in [0.29, 0.717) is 5.82 Å². The molecule has 2 rings (SSSR count). The summed E-state index contributed by atoms with van der Waals surface area (Å²) < 4.78 is 0. The normalized spacial score (nSPS) is 10.3. The zero-order valence-electron chi connectivity index (χ0n) is 12.0. The molecule has 0 fully saturated rings. The van der Waals surface area contributed by atoms with Crippen LogP contribution >= 0.6 is 0 Å². The zero-order valence-corrected chi connectivity index (χ0v) is 12.0. The highest BCUT2D eigenvalue weighted by molar-refractivity contribution is 5.57. The molecule has 0 bridgehead atoms. The van der Waals surface area contributed by atoms with Crippen molar-refractivity contribution in [1.29, 1.82) is 0 Å². The molecule has 0 saturated heterocycles. The van der Waals surface area contributed by atoms with Crippen molar-refractivity contribution in [3.05, 3.63) is 47.3 Å². The molecule has 4 N–H and O–H groups in total. The molecule has 2 aromatic rings. The summed E-state index contributed by atoms with van der Waals surface area (Å²) >= 11 is 0. The fourth-order valence-electron chi connectivity index (χ4n) is 2.07. The molecule has 0 spiro atoms. The van der Waals surface area contributed by atoms with Crippen LogP contribution in [-0.2, 0) is 13.0 Å². The van der Waals surface area contributed by atoms with Gasteiger partial charge in [-0.25, -0.2) is 15.8 Å². The second-order valence-electron chi connectivity index (χ2n) is 4.78. The van der Waals surface area contributed by atoms with Crippen molar-refractivity contribution in [3.8, 4) is 0 Å². The minimum atomic E-state index is 0.688. The van der Waals surface area contributed by atoms with Gasteiger partial charge in [0.2, 0.25) is 0 Å². The average Bonchev–Trinajstić information content (AvgIpc) is 2.48. The number of hydrogen-bond acceptors (Lipinski definition) is 5. The van der Waals surface area contributed by atoms with Gasteiger partial charge in [0.25, 0.3) is 0 Å². The Morgan fingerprint density at radius 2 is 1.80 bits per heavy atom. The van der Waals surface area contributed by atoms with Crippen LogP contribution in [0.3, 0.4) is 0 Å². The maximum Gasteiger partial charge on any atom is 0.148 e. The maximum atomic E-state index is 5.51. The van der Waals surface area contributed by atoms with E-state index in [9.17, 15) is 0 Å². The molecule has 1 heterocycles. The van der Waals surface area contributed by atoms with Gasteiger partial charge in [-0.1, -0.05) is 43.2 Å². The van der Waals surface area contributed by atoms with Crippen LogP contribution in [0, 0.1) is 6.92 Å². The fraction of sp³-hybridized carbons (Fsp3) is 0.333. The number of nitrogens with two attached hydrogens (primary N) is 1. The second kappa shape index (κ2) is 6.86. The number of aryl methyl sites for hydroxylation is 1. The highest BCUT2D eigenvalue weighted by Gasteiger charge is 2.09. The molecular formula is C15H21N5. The Morgan fingerprint density at radius 1 is 1.10 bits per heavy atom. The summed E-state index contributed by atoms with van der Waals surface area (Å²) in [5, 5.41) is 3.36. The van der Waals surface area contributed by atoms with E-state index < -0.39 is 0 Å². The van der Waals surface area contributed by atoms with Crippen molar-refractivity contribution in [2.24, 2.45) is 5.84 Å². The molecule has 0 aliphatic heterocycles. The highest BCUT2D eigenvalue weighted by atomic mass is 15.3. The Bertz CT molecular complexity index is 551. The van der Waals surface area contributed by atoms with E-state index >= 15 is 0 Å². The van der Waals surface area contributed by atoms with E-state index in [1.807, 2.05) is 0 Å². The molecule has 1 aromatic heterocycles. The van der Waals surface area contributed by atoms with Gasteiger partial charge in [0, 0.05) is 12.1 Å². The van der Waals surface area contributed by atoms with Crippen molar-refractivity contribution < 1.29 is 0 Å². The number of hydrogen-bond donors (Lipinski definition) is 3. The number of hydrazine groups is 1. The van der Waals surface area contributed by atoms with Crippen LogP contribution < -0.4 is 16.6 Å². The number of nitrogens with one attached hydrogen (secondary N) is 2. The first-order valence-electron chi connectivity index (χ1n) is 6.84. The Kier molecular flexibility index (Phi) is 4.90. The maximum absolute atomic E-state index is 5.51. The standard InChI is InChI=1S/C15H21N5/c1-3-4-13-14(18-10-19-15(13)20-16)17-9-12-7-5-11(2)6-8-12/h5-8,10H,3-4,9,16H2,1-2H3,(H2,17,18,19,20). The fourth-order valence-corrected chi connectivity index (χ4v) is 2.07. The first-order valence-corrected chi connectivity index (χ1v) is 6.84. The van der Waals surface area contributed by atoms with E-state index in [4.69, 9.17) is 5.84 Å². The van der Waals surface area contributed by atoms with Crippen LogP contribution in [0.25, 0.3) is 0 Å². The number of aromatic nitrogens is 2. The van der Waals surface area contributed by atoms with Gasteiger partial charge in [-0.05, 0) is 18.9 Å². The van der Waals surface area contributed by atoms with E-state index in [0.717, 1.165) is 30.8 Å². The van der Waals surface area contributed by atoms with Crippen LogP contribution in [0.2, 0.25) is 0 Å². The number of nitrogens with zero attached hydrogens (tertiary/aromatic N) is 2. The molecule has 106 valence electrons. The Balaban J connectivity index is 2.14. The van der Waals surface area contributed by atoms with Crippen molar-refractivity contribution in [2.75, 3.05) is 10.7 Å². The van der Waals surface area contributed by atoms with E-state index in [-0.39, 0.29) is 0 Å². The summed E-state index contributed by atoms with van der Waals surface area (Å²) in [6.45, 7) is 4.94. The number of nitrogen functional groups attached to an aromatic ring is 1. The molecule has 0 amide bonds. The Hall–Kier alpha value is -2.14. The van der Waals surface area contributed by atoms with Crippen molar-refractivity contribution >= 4 is 11.6 Å². The van der Waals surface area contributed by atoms with Gasteiger partial charge in [0.1, 0.15) is 18.0 Å². The van der Waals surface area contributed by atoms with Crippen LogP contribution in [0.1, 0.15) is 30.0 Å². The van der Waals surface area contributed by atoms with Gasteiger partial charge in [-0.3, -0.25) is 0 Å². The molecule has 0 atom stereocenters. The number of rotatable bonds is 6. The minimum Gasteiger partial charge on any atom is -0.366 e. The Morgan fingerprint density at radius 3 is 2.45 bits per heavy atom. The lowest BCUT2D eigenvalue weighted by Crippen LogP contribution is -2.14. The molecule has 5 nitrogen and oxygen atoms in total. The lowest BCUT2D eigenvalue weighted by molar-refractivity contribution is 0.896. The van der Waals surface area contributed by atoms with E-state index in [1.54, 1.807) is 0 Å². The highest BCUT2D eigenvalue weighted by Crippen LogP contribution is 2.21. The first kappa shape index (κ1) is 14.3. The van der Waals surface area contributed by atoms with Crippen LogP contribution in [0.15, 0.2) is 30.6 Å². The van der Waals surface area contributed by atoms with Gasteiger partial charge in [-0.2, -0.15) is 0 Å². The van der Waals surface area contributed by atoms with E-state index in [1.165, 1.54) is 17.5 Å². The third kappa shape index (κ3) is 3.45. The first-order chi connectivity index (χ1) is 9.74. The van der Waals surface area contributed by atoms with Crippen LogP contribution in [0.5, 0.6) is 0 Å². The predicted molar refractivity (Wildman–Crippen MR) is 82.3 cm³/mol. The second-order valence-corrected chi connectivity index (χ2v) is 4.78. The van der Waals surface area contributed by atoms with E-state index in [2.05, 4.69) is 58.8 Å². The van der Waals surface area contributed by atoms with Crippen molar-refractivity contribution in [2.45, 2.75) is 33.2 Å². The SMILES string of the molecule is CCCc1c(NN)ncnc1NCc1ccc(C)cc1. The third-order valence-electron chi connectivity index (χ3n) is 3.16. The summed E-state index contributed by atoms with van der Waals surface area (Å²) in [5.41, 5.74) is 6.15. The molecule has 1 aromatic carbocycles. The van der Waals surface area contributed by atoms with Gasteiger partial charge in [0.05, 0.1) is 0 Å².